The van der Waals surface area contributed by atoms with E-state index in [9.17, 15) is 4.79 Å². The summed E-state index contributed by atoms with van der Waals surface area (Å²) < 4.78 is 0. The minimum absolute atomic E-state index is 0.0752. The van der Waals surface area contributed by atoms with Crippen LogP contribution in [0.15, 0.2) is 54.6 Å². The van der Waals surface area contributed by atoms with Gasteiger partial charge in [-0.3, -0.25) is 4.79 Å². The lowest BCUT2D eigenvalue weighted by molar-refractivity contribution is -0.120. The number of thiocarbonyl (C=S) groups is 1. The predicted octanol–water partition coefficient (Wildman–Crippen LogP) is 3.24. The average Bonchev–Trinajstić information content (AvgIpc) is 2.48. The van der Waals surface area contributed by atoms with E-state index in [-0.39, 0.29) is 5.91 Å². The van der Waals surface area contributed by atoms with Gasteiger partial charge in [0.15, 0.2) is 0 Å². The van der Waals surface area contributed by atoms with Gasteiger partial charge in [0.2, 0.25) is 5.91 Å². The van der Waals surface area contributed by atoms with Gasteiger partial charge in [0, 0.05) is 11.3 Å². The Hall–Kier alpha value is -2.20. The molecule has 0 bridgehead atoms. The Bertz CT molecular complexity index is 666. The minimum atomic E-state index is -0.625. The molecular weight excluding hydrogens is 280 g/mol. The molecule has 0 fully saturated rings. The second kappa shape index (κ2) is 6.06. The summed E-state index contributed by atoms with van der Waals surface area (Å²) in [6, 6.07) is 16.9. The number of anilines is 1. The monoisotopic (exact) mass is 298 g/mol. The van der Waals surface area contributed by atoms with Gasteiger partial charge >= 0.3 is 0 Å². The molecule has 0 atom stereocenters. The molecule has 0 aromatic heterocycles. The zero-order valence-corrected chi connectivity index (χ0v) is 12.9. The zero-order chi connectivity index (χ0) is 15.5. The van der Waals surface area contributed by atoms with Crippen LogP contribution in [0.2, 0.25) is 0 Å². The van der Waals surface area contributed by atoms with Gasteiger partial charge in [-0.15, -0.1) is 0 Å². The lowest BCUT2D eigenvalue weighted by Gasteiger charge is -2.24. The first-order valence-electron chi connectivity index (χ1n) is 6.68. The highest BCUT2D eigenvalue weighted by Crippen LogP contribution is 2.25. The molecule has 1 amide bonds. The molecule has 0 saturated heterocycles. The molecule has 0 heterocycles. The van der Waals surface area contributed by atoms with Crippen LogP contribution in [-0.4, -0.2) is 10.9 Å². The highest BCUT2D eigenvalue weighted by molar-refractivity contribution is 7.80. The van der Waals surface area contributed by atoms with Crippen LogP contribution in [0.3, 0.4) is 0 Å². The first kappa shape index (κ1) is 15.2. The van der Waals surface area contributed by atoms with Crippen LogP contribution in [0.4, 0.5) is 5.69 Å². The van der Waals surface area contributed by atoms with Crippen molar-refractivity contribution in [1.82, 2.24) is 0 Å². The largest absolute Gasteiger partial charge is 0.389 e. The Morgan fingerprint density at radius 1 is 1.10 bits per heavy atom. The zero-order valence-electron chi connectivity index (χ0n) is 12.1. The Balaban J connectivity index is 2.21. The molecule has 2 rings (SSSR count). The smallest absolute Gasteiger partial charge is 0.234 e. The molecule has 0 spiro atoms. The van der Waals surface area contributed by atoms with Crippen molar-refractivity contribution in [1.29, 1.82) is 0 Å². The first-order valence-corrected chi connectivity index (χ1v) is 7.09. The summed E-state index contributed by atoms with van der Waals surface area (Å²) in [4.78, 5) is 12.9. The number of nitrogens with two attached hydrogens (primary N) is 1. The summed E-state index contributed by atoms with van der Waals surface area (Å²) in [5, 5.41) is 2.92. The quantitative estimate of drug-likeness (QED) is 0.852. The maximum atomic E-state index is 12.5. The molecule has 108 valence electrons. The van der Waals surface area contributed by atoms with Crippen LogP contribution in [0.5, 0.6) is 0 Å². The van der Waals surface area contributed by atoms with E-state index >= 15 is 0 Å². The molecule has 2 aromatic carbocycles. The van der Waals surface area contributed by atoms with E-state index in [1.54, 1.807) is 6.07 Å². The molecule has 0 unspecified atom stereocenters. The highest BCUT2D eigenvalue weighted by Gasteiger charge is 2.29. The number of amides is 1. The van der Waals surface area contributed by atoms with Gasteiger partial charge in [-0.25, -0.2) is 0 Å². The Labute approximate surface area is 130 Å². The Morgan fingerprint density at radius 2 is 1.76 bits per heavy atom. The molecule has 3 N–H and O–H groups in total. The number of nitrogens with one attached hydrogen (secondary N) is 1. The van der Waals surface area contributed by atoms with Gasteiger partial charge in [-0.1, -0.05) is 54.7 Å². The highest BCUT2D eigenvalue weighted by atomic mass is 32.1. The topological polar surface area (TPSA) is 55.1 Å². The summed E-state index contributed by atoms with van der Waals surface area (Å²) in [7, 11) is 0. The van der Waals surface area contributed by atoms with Crippen molar-refractivity contribution in [2.75, 3.05) is 5.32 Å². The molecule has 2 aromatic rings. The Kier molecular flexibility index (Phi) is 4.38. The van der Waals surface area contributed by atoms with Crippen molar-refractivity contribution in [3.63, 3.8) is 0 Å². The summed E-state index contributed by atoms with van der Waals surface area (Å²) in [5.41, 5.74) is 7.38. The van der Waals surface area contributed by atoms with Crippen LogP contribution < -0.4 is 11.1 Å². The fraction of sp³-hybridized carbons (Fsp3) is 0.176. The maximum Gasteiger partial charge on any atom is 0.234 e. The van der Waals surface area contributed by atoms with E-state index in [1.807, 2.05) is 62.4 Å². The number of benzene rings is 2. The minimum Gasteiger partial charge on any atom is -0.389 e. The summed E-state index contributed by atoms with van der Waals surface area (Å²) >= 11 is 4.95. The third kappa shape index (κ3) is 3.47. The SMILES string of the molecule is CC(C)(C(=O)Nc1cccc(C(N)=S)c1)c1ccccc1. The van der Waals surface area contributed by atoms with Gasteiger partial charge in [0.1, 0.15) is 4.99 Å². The van der Waals surface area contributed by atoms with Crippen LogP contribution in [0.1, 0.15) is 25.0 Å². The van der Waals surface area contributed by atoms with E-state index in [0.717, 1.165) is 11.1 Å². The number of rotatable bonds is 4. The Morgan fingerprint density at radius 3 is 2.38 bits per heavy atom. The van der Waals surface area contributed by atoms with Crippen molar-refractivity contribution in [3.8, 4) is 0 Å². The molecular formula is C17H18N2OS. The van der Waals surface area contributed by atoms with Crippen molar-refractivity contribution in [2.45, 2.75) is 19.3 Å². The first-order chi connectivity index (χ1) is 9.91. The molecule has 0 saturated carbocycles. The fourth-order valence-corrected chi connectivity index (χ4v) is 2.15. The number of carbonyl (C=O) groups is 1. The molecule has 0 radical (unpaired) electrons. The lowest BCUT2D eigenvalue weighted by atomic mass is 9.83. The average molecular weight is 298 g/mol. The van der Waals surface area contributed by atoms with Crippen molar-refractivity contribution >= 4 is 28.8 Å². The number of carbonyl (C=O) groups excluding carboxylic acids is 1. The number of hydrogen-bond acceptors (Lipinski definition) is 2. The van der Waals surface area contributed by atoms with Crippen LogP contribution >= 0.6 is 12.2 Å². The fourth-order valence-electron chi connectivity index (χ4n) is 2.02. The second-order valence-electron chi connectivity index (χ2n) is 5.39. The number of hydrogen-bond donors (Lipinski definition) is 2. The van der Waals surface area contributed by atoms with Gasteiger partial charge in [0.25, 0.3) is 0 Å². The lowest BCUT2D eigenvalue weighted by Crippen LogP contribution is -2.34. The second-order valence-corrected chi connectivity index (χ2v) is 5.83. The van der Waals surface area contributed by atoms with Gasteiger partial charge in [-0.2, -0.15) is 0 Å². The van der Waals surface area contributed by atoms with E-state index in [2.05, 4.69) is 5.32 Å². The van der Waals surface area contributed by atoms with E-state index in [4.69, 9.17) is 18.0 Å². The normalized spacial score (nSPS) is 11.0. The molecule has 4 heteroatoms. The van der Waals surface area contributed by atoms with E-state index in [0.29, 0.717) is 10.7 Å². The summed E-state index contributed by atoms with van der Waals surface area (Å²) in [5.74, 6) is -0.0752. The third-order valence-electron chi connectivity index (χ3n) is 3.47. The molecule has 0 aliphatic carbocycles. The van der Waals surface area contributed by atoms with Crippen molar-refractivity contribution < 1.29 is 4.79 Å². The maximum absolute atomic E-state index is 12.5. The van der Waals surface area contributed by atoms with Crippen LogP contribution in [-0.2, 0) is 10.2 Å². The van der Waals surface area contributed by atoms with Crippen LogP contribution in [0.25, 0.3) is 0 Å². The van der Waals surface area contributed by atoms with Crippen molar-refractivity contribution in [2.24, 2.45) is 5.73 Å². The molecule has 0 aliphatic heterocycles. The standard InChI is InChI=1S/C17H18N2OS/c1-17(2,13-8-4-3-5-9-13)16(20)19-14-10-6-7-12(11-14)15(18)21/h3-11H,1-2H3,(H2,18,21)(H,19,20). The van der Waals surface area contributed by atoms with Gasteiger partial charge < -0.3 is 11.1 Å². The van der Waals surface area contributed by atoms with Crippen LogP contribution in [0, 0.1) is 0 Å². The third-order valence-corrected chi connectivity index (χ3v) is 3.70. The van der Waals surface area contributed by atoms with E-state index in [1.165, 1.54) is 0 Å². The molecule has 21 heavy (non-hydrogen) atoms. The summed E-state index contributed by atoms with van der Waals surface area (Å²) in [6.45, 7) is 3.80. The predicted molar refractivity (Wildman–Crippen MR) is 90.4 cm³/mol. The van der Waals surface area contributed by atoms with Crippen molar-refractivity contribution in [3.05, 3.63) is 65.7 Å². The van der Waals surface area contributed by atoms with E-state index < -0.39 is 5.41 Å². The summed E-state index contributed by atoms with van der Waals surface area (Å²) in [6.07, 6.45) is 0. The molecule has 3 nitrogen and oxygen atoms in total. The van der Waals surface area contributed by atoms with Gasteiger partial charge in [-0.05, 0) is 31.5 Å². The molecule has 0 aliphatic rings. The van der Waals surface area contributed by atoms with Gasteiger partial charge in [0.05, 0.1) is 5.41 Å².